The molecule has 6 nitrogen and oxygen atoms in total. The molecule has 0 saturated heterocycles. The van der Waals surface area contributed by atoms with Crippen LogP contribution in [0.25, 0.3) is 11.0 Å². The average Bonchev–Trinajstić information content (AvgIpc) is 2.86. The summed E-state index contributed by atoms with van der Waals surface area (Å²) in [6.45, 7) is 0.660. The Morgan fingerprint density at radius 2 is 1.78 bits per heavy atom. The summed E-state index contributed by atoms with van der Waals surface area (Å²) in [4.78, 5) is 15.0. The summed E-state index contributed by atoms with van der Waals surface area (Å²) in [5.74, 6) is -2.25. The number of nitrogens with zero attached hydrogens (tertiary/aromatic N) is 1. The molecule has 0 unspecified atom stereocenters. The Balaban J connectivity index is 1.58. The highest BCUT2D eigenvalue weighted by molar-refractivity contribution is 5.84. The standard InChI is InChI=1S/C26H19F4NO5/c1-33-17-3-2-4-18(11-17)35-24-22(32)19-9-10-21-20(23(19)36-25(24)26(28,29)30)13-31(14-34-21)12-15-5-7-16(27)8-6-15/h2-11H,12-14H2,1H3. The van der Waals surface area contributed by atoms with Crippen molar-refractivity contribution in [2.45, 2.75) is 19.3 Å². The van der Waals surface area contributed by atoms with Gasteiger partial charge in [0.05, 0.1) is 18.1 Å². The molecular weight excluding hydrogens is 482 g/mol. The van der Waals surface area contributed by atoms with E-state index in [4.69, 9.17) is 18.6 Å². The lowest BCUT2D eigenvalue weighted by Gasteiger charge is -2.29. The Morgan fingerprint density at radius 1 is 1.03 bits per heavy atom. The van der Waals surface area contributed by atoms with Crippen LogP contribution in [0, 0.1) is 5.82 Å². The van der Waals surface area contributed by atoms with Gasteiger partial charge >= 0.3 is 6.18 Å². The predicted octanol–water partition coefficient (Wildman–Crippen LogP) is 6.10. The van der Waals surface area contributed by atoms with Gasteiger partial charge in [-0.15, -0.1) is 0 Å². The first-order valence-corrected chi connectivity index (χ1v) is 10.8. The van der Waals surface area contributed by atoms with Gasteiger partial charge in [0.15, 0.2) is 0 Å². The van der Waals surface area contributed by atoms with Gasteiger partial charge in [0.2, 0.25) is 11.2 Å². The number of hydrogen-bond acceptors (Lipinski definition) is 6. The second-order valence-corrected chi connectivity index (χ2v) is 8.17. The maximum atomic E-state index is 14.0. The predicted molar refractivity (Wildman–Crippen MR) is 122 cm³/mol. The molecule has 0 bridgehead atoms. The smallest absolute Gasteiger partial charge is 0.453 e. The zero-order valence-corrected chi connectivity index (χ0v) is 18.9. The molecule has 0 saturated carbocycles. The quantitative estimate of drug-likeness (QED) is 0.308. The molecule has 0 N–H and O–H groups in total. The highest BCUT2D eigenvalue weighted by atomic mass is 19.4. The first-order valence-electron chi connectivity index (χ1n) is 10.8. The second kappa shape index (κ2) is 9.19. The number of benzene rings is 3. The van der Waals surface area contributed by atoms with Crippen molar-refractivity contribution in [3.63, 3.8) is 0 Å². The molecule has 0 amide bonds. The van der Waals surface area contributed by atoms with Gasteiger partial charge in [-0.05, 0) is 42.0 Å². The van der Waals surface area contributed by atoms with Crippen LogP contribution >= 0.6 is 0 Å². The summed E-state index contributed by atoms with van der Waals surface area (Å²) in [5, 5.41) is -0.0770. The molecule has 0 radical (unpaired) electrons. The Bertz CT molecular complexity index is 1480. The SMILES string of the molecule is COc1cccc(Oc2c(C(F)(F)F)oc3c4c(ccc3c2=O)OCN(Cc2ccc(F)cc2)C4)c1. The molecule has 1 aromatic heterocycles. The van der Waals surface area contributed by atoms with Gasteiger partial charge in [0.25, 0.3) is 5.76 Å². The van der Waals surface area contributed by atoms with Crippen molar-refractivity contribution in [3.05, 3.63) is 93.6 Å². The highest BCUT2D eigenvalue weighted by Crippen LogP contribution is 2.41. The Hall–Kier alpha value is -4.05. The first-order chi connectivity index (χ1) is 17.2. The van der Waals surface area contributed by atoms with Gasteiger partial charge in [-0.1, -0.05) is 18.2 Å². The number of alkyl halides is 3. The highest BCUT2D eigenvalue weighted by Gasteiger charge is 2.41. The van der Waals surface area contributed by atoms with E-state index in [1.807, 2.05) is 0 Å². The lowest BCUT2D eigenvalue weighted by Crippen LogP contribution is -2.32. The van der Waals surface area contributed by atoms with Gasteiger partial charge in [0.1, 0.15) is 35.4 Å². The van der Waals surface area contributed by atoms with Crippen LogP contribution in [0.2, 0.25) is 0 Å². The van der Waals surface area contributed by atoms with Crippen LogP contribution in [0.5, 0.6) is 23.0 Å². The molecule has 2 heterocycles. The molecule has 0 fully saturated rings. The number of rotatable bonds is 5. The van der Waals surface area contributed by atoms with Crippen molar-refractivity contribution in [2.75, 3.05) is 13.8 Å². The van der Waals surface area contributed by atoms with E-state index in [2.05, 4.69) is 0 Å². The first kappa shape index (κ1) is 23.7. The molecule has 0 atom stereocenters. The number of hydrogen-bond donors (Lipinski definition) is 0. The number of methoxy groups -OCH3 is 1. The molecular formula is C26H19F4NO5. The molecule has 1 aliphatic rings. The molecule has 36 heavy (non-hydrogen) atoms. The largest absolute Gasteiger partial charge is 0.497 e. The van der Waals surface area contributed by atoms with Crippen LogP contribution in [0.3, 0.4) is 0 Å². The minimum atomic E-state index is -5.01. The second-order valence-electron chi connectivity index (χ2n) is 8.17. The topological polar surface area (TPSA) is 61.1 Å². The third-order valence-electron chi connectivity index (χ3n) is 5.70. The summed E-state index contributed by atoms with van der Waals surface area (Å²) in [6, 6.07) is 14.6. The maximum Gasteiger partial charge on any atom is 0.453 e. The summed E-state index contributed by atoms with van der Waals surface area (Å²) in [5.41, 5.74) is -0.108. The number of ether oxygens (including phenoxy) is 3. The zero-order chi connectivity index (χ0) is 25.4. The van der Waals surface area contributed by atoms with Crippen molar-refractivity contribution in [1.29, 1.82) is 0 Å². The third kappa shape index (κ3) is 4.59. The van der Waals surface area contributed by atoms with Crippen molar-refractivity contribution < 1.29 is 36.2 Å². The molecule has 1 aliphatic heterocycles. The fourth-order valence-electron chi connectivity index (χ4n) is 4.01. The van der Waals surface area contributed by atoms with E-state index in [0.29, 0.717) is 23.6 Å². The summed E-state index contributed by atoms with van der Waals surface area (Å²) in [6.07, 6.45) is -5.01. The van der Waals surface area contributed by atoms with E-state index >= 15 is 0 Å². The summed E-state index contributed by atoms with van der Waals surface area (Å²) >= 11 is 0. The number of halogens is 4. The lowest BCUT2D eigenvalue weighted by atomic mass is 10.1. The maximum absolute atomic E-state index is 14.0. The lowest BCUT2D eigenvalue weighted by molar-refractivity contribution is -0.154. The van der Waals surface area contributed by atoms with Crippen LogP contribution in [-0.2, 0) is 19.3 Å². The van der Waals surface area contributed by atoms with Gasteiger partial charge in [-0.3, -0.25) is 9.69 Å². The average molecular weight is 501 g/mol. The van der Waals surface area contributed by atoms with Crippen molar-refractivity contribution in [2.24, 2.45) is 0 Å². The molecule has 3 aromatic carbocycles. The van der Waals surface area contributed by atoms with Crippen molar-refractivity contribution in [3.8, 4) is 23.0 Å². The van der Waals surface area contributed by atoms with Gasteiger partial charge < -0.3 is 18.6 Å². The van der Waals surface area contributed by atoms with Gasteiger partial charge in [-0.25, -0.2) is 4.39 Å². The molecule has 0 spiro atoms. The van der Waals surface area contributed by atoms with Crippen LogP contribution in [-0.4, -0.2) is 18.7 Å². The molecule has 0 aliphatic carbocycles. The van der Waals surface area contributed by atoms with Crippen LogP contribution < -0.4 is 19.6 Å². The van der Waals surface area contributed by atoms with Gasteiger partial charge in [-0.2, -0.15) is 13.2 Å². The molecule has 4 aromatic rings. The van der Waals surface area contributed by atoms with Crippen molar-refractivity contribution in [1.82, 2.24) is 4.90 Å². The van der Waals surface area contributed by atoms with Crippen molar-refractivity contribution >= 4 is 11.0 Å². The Morgan fingerprint density at radius 3 is 2.50 bits per heavy atom. The van der Waals surface area contributed by atoms with Gasteiger partial charge in [0, 0.05) is 19.2 Å². The Kier molecular flexibility index (Phi) is 6.05. The fourth-order valence-corrected chi connectivity index (χ4v) is 4.01. The van der Waals surface area contributed by atoms with E-state index in [1.165, 1.54) is 49.6 Å². The van der Waals surface area contributed by atoms with E-state index < -0.39 is 23.1 Å². The molecule has 186 valence electrons. The summed E-state index contributed by atoms with van der Waals surface area (Å²) in [7, 11) is 1.40. The van der Waals surface area contributed by atoms with E-state index in [-0.39, 0.29) is 35.8 Å². The van der Waals surface area contributed by atoms with E-state index in [0.717, 1.165) is 5.56 Å². The molecule has 10 heteroatoms. The Labute approximate surface area is 202 Å². The van der Waals surface area contributed by atoms with Crippen LogP contribution in [0.15, 0.2) is 69.9 Å². The number of fused-ring (bicyclic) bond motifs is 3. The minimum Gasteiger partial charge on any atom is -0.497 e. The minimum absolute atomic E-state index is 0.0155. The van der Waals surface area contributed by atoms with Crippen LogP contribution in [0.4, 0.5) is 17.6 Å². The molecule has 5 rings (SSSR count). The normalized spacial score (nSPS) is 13.8. The zero-order valence-electron chi connectivity index (χ0n) is 18.9. The monoisotopic (exact) mass is 501 g/mol. The summed E-state index contributed by atoms with van der Waals surface area (Å²) < 4.78 is 76.8. The third-order valence-corrected chi connectivity index (χ3v) is 5.70. The van der Waals surface area contributed by atoms with E-state index in [1.54, 1.807) is 23.1 Å². The fraction of sp³-hybridized carbons (Fsp3) is 0.192. The van der Waals surface area contributed by atoms with Crippen LogP contribution in [0.1, 0.15) is 16.9 Å². The van der Waals surface area contributed by atoms with E-state index in [9.17, 15) is 22.4 Å².